The fraction of sp³-hybridized carbons (Fsp3) is 0.375. The summed E-state index contributed by atoms with van der Waals surface area (Å²) in [6.45, 7) is 12.5. The van der Waals surface area contributed by atoms with Crippen LogP contribution in [0, 0.1) is 6.92 Å². The van der Waals surface area contributed by atoms with Gasteiger partial charge in [0.05, 0.1) is 36.6 Å². The van der Waals surface area contributed by atoms with Gasteiger partial charge in [-0.1, -0.05) is 50.2 Å². The summed E-state index contributed by atoms with van der Waals surface area (Å²) < 4.78 is 14.2. The van der Waals surface area contributed by atoms with Crippen molar-refractivity contribution in [2.24, 2.45) is 0 Å². The van der Waals surface area contributed by atoms with Crippen molar-refractivity contribution >= 4 is 11.6 Å². The lowest BCUT2D eigenvalue weighted by molar-refractivity contribution is -0.136. The third-order valence-corrected chi connectivity index (χ3v) is 8.24. The summed E-state index contributed by atoms with van der Waals surface area (Å²) in [4.78, 5) is 16.8. The number of fused-ring (bicyclic) bond motifs is 8. The standard InChI is InChI=1S/C34H31N3O4.C4H10O.C2H6/c1-21-27(19-33(38)39)34-25-12-13-31-28(18-25)22(14-16-41-31)7-4-5-15-40-30-11-3-2-10-26(30)23-8-6-9-24(17-23)29-20-32(35-21)37(34)36-29;1-4(2,3)5;1-2/h2-3,6,8-13,17-18,20,22H,4-5,7,14-16,19H2,1H3,(H,38,39);5H,1-3H3;1-2H3. The number of aliphatic carboxylic acids is 1. The zero-order chi connectivity index (χ0) is 34.4. The Morgan fingerprint density at radius 2 is 1.60 bits per heavy atom. The average Bonchev–Trinajstić information content (AvgIpc) is 3.48. The largest absolute Gasteiger partial charge is 0.493 e. The summed E-state index contributed by atoms with van der Waals surface area (Å²) in [6, 6.07) is 24.6. The molecule has 2 N–H and O–H groups in total. The molecule has 0 spiro atoms. The van der Waals surface area contributed by atoms with Crippen molar-refractivity contribution in [2.45, 2.75) is 85.2 Å². The van der Waals surface area contributed by atoms with E-state index in [9.17, 15) is 9.90 Å². The molecule has 4 heterocycles. The summed E-state index contributed by atoms with van der Waals surface area (Å²) in [5, 5.41) is 23.4. The van der Waals surface area contributed by atoms with Crippen LogP contribution in [0.3, 0.4) is 0 Å². The molecular formula is C40H47N3O5. The number of aromatic nitrogens is 3. The maximum Gasteiger partial charge on any atom is 0.307 e. The summed E-state index contributed by atoms with van der Waals surface area (Å²) in [5.74, 6) is 1.24. The minimum atomic E-state index is -0.898. The van der Waals surface area contributed by atoms with E-state index in [1.54, 1.807) is 20.8 Å². The Kier molecular flexibility index (Phi) is 10.8. The first-order chi connectivity index (χ1) is 23.0. The van der Waals surface area contributed by atoms with Crippen LogP contribution < -0.4 is 9.47 Å². The van der Waals surface area contributed by atoms with Gasteiger partial charge in [-0.3, -0.25) is 4.79 Å². The molecular weight excluding hydrogens is 602 g/mol. The predicted molar refractivity (Wildman–Crippen MR) is 191 cm³/mol. The minimum Gasteiger partial charge on any atom is -0.493 e. The molecule has 8 nitrogen and oxygen atoms in total. The van der Waals surface area contributed by atoms with Crippen LogP contribution in [0.1, 0.15) is 83.0 Å². The molecule has 8 heteroatoms. The van der Waals surface area contributed by atoms with Crippen molar-refractivity contribution < 1.29 is 24.5 Å². The zero-order valence-electron chi connectivity index (χ0n) is 28.9. The lowest BCUT2D eigenvalue weighted by Crippen LogP contribution is -2.15. The lowest BCUT2D eigenvalue weighted by atomic mass is 9.87. The molecule has 7 rings (SSSR count). The number of para-hydroxylation sites is 1. The third-order valence-electron chi connectivity index (χ3n) is 8.24. The predicted octanol–water partition coefficient (Wildman–Crippen LogP) is 8.90. The van der Waals surface area contributed by atoms with Crippen LogP contribution in [0.15, 0.2) is 72.8 Å². The molecule has 1 unspecified atom stereocenters. The molecule has 0 amide bonds. The van der Waals surface area contributed by atoms with Crippen LogP contribution >= 0.6 is 0 Å². The molecule has 48 heavy (non-hydrogen) atoms. The van der Waals surface area contributed by atoms with E-state index in [4.69, 9.17) is 24.7 Å². The van der Waals surface area contributed by atoms with Gasteiger partial charge in [0, 0.05) is 34.0 Å². The quantitative estimate of drug-likeness (QED) is 0.197. The van der Waals surface area contributed by atoms with Gasteiger partial charge in [-0.25, -0.2) is 9.50 Å². The van der Waals surface area contributed by atoms with Crippen molar-refractivity contribution in [2.75, 3.05) is 13.2 Å². The smallest absolute Gasteiger partial charge is 0.307 e. The van der Waals surface area contributed by atoms with Crippen molar-refractivity contribution in [3.05, 3.63) is 89.6 Å². The molecule has 0 saturated heterocycles. The maximum absolute atomic E-state index is 12.0. The van der Waals surface area contributed by atoms with Gasteiger partial charge < -0.3 is 19.7 Å². The first-order valence-corrected chi connectivity index (χ1v) is 17.0. The number of aryl methyl sites for hydroxylation is 1. The molecule has 3 aromatic carbocycles. The Labute approximate surface area is 283 Å². The number of hydrogen-bond donors (Lipinski definition) is 2. The SMILES string of the molecule is CC.CC(C)(C)O.Cc1nc2cc3nn2c(c1CC(=O)O)-c1ccc2c(c1)C(CCCCOc1ccccc1-c1cccc-3c1)CCO2. The molecule has 0 aliphatic carbocycles. The number of ether oxygens (including phenoxy) is 2. The Hall–Kier alpha value is -4.69. The number of aliphatic hydroxyl groups is 1. The van der Waals surface area contributed by atoms with E-state index in [1.807, 2.05) is 73.8 Å². The van der Waals surface area contributed by atoms with E-state index in [0.717, 1.165) is 70.8 Å². The molecule has 5 aromatic rings. The number of carboxylic acids is 1. The first kappa shape index (κ1) is 34.6. The number of nitrogens with zero attached hydrogens (tertiary/aromatic N) is 3. The highest BCUT2D eigenvalue weighted by Gasteiger charge is 2.25. The zero-order valence-corrected chi connectivity index (χ0v) is 28.9. The van der Waals surface area contributed by atoms with Crippen LogP contribution in [0.25, 0.3) is 39.3 Å². The molecule has 0 saturated carbocycles. The topological polar surface area (TPSA) is 106 Å². The van der Waals surface area contributed by atoms with E-state index in [2.05, 4.69) is 24.3 Å². The fourth-order valence-corrected chi connectivity index (χ4v) is 6.22. The van der Waals surface area contributed by atoms with Gasteiger partial charge >= 0.3 is 5.97 Å². The monoisotopic (exact) mass is 649 g/mol. The molecule has 0 fully saturated rings. The number of carbonyl (C=O) groups is 1. The first-order valence-electron chi connectivity index (χ1n) is 17.0. The number of hydrogen-bond acceptors (Lipinski definition) is 6. The minimum absolute atomic E-state index is 0.136. The molecule has 2 aromatic heterocycles. The Bertz CT molecular complexity index is 1880. The van der Waals surface area contributed by atoms with Crippen LogP contribution in [-0.2, 0) is 11.2 Å². The fourth-order valence-electron chi connectivity index (χ4n) is 6.22. The van der Waals surface area contributed by atoms with Crippen molar-refractivity contribution in [3.63, 3.8) is 0 Å². The third kappa shape index (κ3) is 8.05. The summed E-state index contributed by atoms with van der Waals surface area (Å²) in [6.07, 6.45) is 3.85. The highest BCUT2D eigenvalue weighted by Crippen LogP contribution is 2.41. The van der Waals surface area contributed by atoms with Gasteiger partial charge in [-0.05, 0) is 101 Å². The van der Waals surface area contributed by atoms with Crippen LogP contribution in [0.4, 0.5) is 0 Å². The highest BCUT2D eigenvalue weighted by molar-refractivity contribution is 5.80. The van der Waals surface area contributed by atoms with Gasteiger partial charge in [0.2, 0.25) is 0 Å². The lowest BCUT2D eigenvalue weighted by Gasteiger charge is -2.27. The Morgan fingerprint density at radius 1 is 0.875 bits per heavy atom. The van der Waals surface area contributed by atoms with E-state index < -0.39 is 11.6 Å². The van der Waals surface area contributed by atoms with Gasteiger partial charge in [0.25, 0.3) is 0 Å². The van der Waals surface area contributed by atoms with E-state index in [-0.39, 0.29) is 6.42 Å². The molecule has 2 aliphatic rings. The summed E-state index contributed by atoms with van der Waals surface area (Å²) in [7, 11) is 0. The molecule has 1 atom stereocenters. The van der Waals surface area contributed by atoms with Gasteiger partial charge in [0.1, 0.15) is 11.5 Å². The number of carboxylic acid groups (broad SMARTS) is 1. The van der Waals surface area contributed by atoms with Crippen LogP contribution in [0.5, 0.6) is 11.5 Å². The second kappa shape index (κ2) is 15.0. The summed E-state index contributed by atoms with van der Waals surface area (Å²) >= 11 is 0. The highest BCUT2D eigenvalue weighted by atomic mass is 16.5. The average molecular weight is 650 g/mol. The van der Waals surface area contributed by atoms with E-state index in [0.29, 0.717) is 36.0 Å². The van der Waals surface area contributed by atoms with Crippen molar-refractivity contribution in [1.29, 1.82) is 0 Å². The van der Waals surface area contributed by atoms with Gasteiger partial charge in [-0.15, -0.1) is 0 Å². The second-order valence-corrected chi connectivity index (χ2v) is 13.1. The van der Waals surface area contributed by atoms with Crippen LogP contribution in [0.2, 0.25) is 0 Å². The summed E-state index contributed by atoms with van der Waals surface area (Å²) in [5.41, 5.74) is 8.22. The van der Waals surface area contributed by atoms with Gasteiger partial charge in [-0.2, -0.15) is 5.10 Å². The van der Waals surface area contributed by atoms with Crippen molar-refractivity contribution in [1.82, 2.24) is 14.6 Å². The van der Waals surface area contributed by atoms with E-state index >= 15 is 0 Å². The molecule has 0 radical (unpaired) electrons. The van der Waals surface area contributed by atoms with E-state index in [1.165, 1.54) is 5.56 Å². The Morgan fingerprint density at radius 3 is 2.38 bits per heavy atom. The molecule has 6 bridgehead atoms. The maximum atomic E-state index is 12.0. The number of benzene rings is 3. The van der Waals surface area contributed by atoms with Gasteiger partial charge in [0.15, 0.2) is 5.65 Å². The molecule has 2 aliphatic heterocycles. The number of rotatable bonds is 2. The second-order valence-electron chi connectivity index (χ2n) is 13.1. The van der Waals surface area contributed by atoms with Crippen molar-refractivity contribution in [3.8, 4) is 45.1 Å². The Balaban J connectivity index is 0.000000592. The normalized spacial score (nSPS) is 15.3. The van der Waals surface area contributed by atoms with Crippen LogP contribution in [-0.4, -0.2) is 49.6 Å². The molecule has 252 valence electrons.